The third kappa shape index (κ3) is 4.19. The van der Waals surface area contributed by atoms with E-state index in [9.17, 15) is 4.79 Å². The van der Waals surface area contributed by atoms with Crippen LogP contribution in [0.5, 0.6) is 0 Å². The van der Waals surface area contributed by atoms with Gasteiger partial charge in [-0.05, 0) is 26.3 Å². The molecule has 4 heterocycles. The molecule has 3 aromatic rings. The Bertz CT molecular complexity index is 1020. The molecule has 0 radical (unpaired) electrons. The third-order valence-electron chi connectivity index (χ3n) is 6.55. The van der Waals surface area contributed by atoms with Gasteiger partial charge in [0.2, 0.25) is 16.0 Å². The van der Waals surface area contributed by atoms with Crippen LogP contribution in [0.25, 0.3) is 16.2 Å². The molecule has 7 nitrogen and oxygen atoms in total. The minimum absolute atomic E-state index is 0.0706. The number of piperidine rings is 1. The Labute approximate surface area is 187 Å². The second-order valence-corrected chi connectivity index (χ2v) is 9.58. The van der Waals surface area contributed by atoms with E-state index in [1.54, 1.807) is 11.3 Å². The van der Waals surface area contributed by atoms with Crippen molar-refractivity contribution in [3.63, 3.8) is 0 Å². The molecule has 8 heteroatoms. The van der Waals surface area contributed by atoms with Crippen molar-refractivity contribution in [1.29, 1.82) is 0 Å². The van der Waals surface area contributed by atoms with Crippen LogP contribution >= 0.6 is 11.3 Å². The van der Waals surface area contributed by atoms with Gasteiger partial charge < -0.3 is 14.7 Å². The molecule has 0 aliphatic carbocycles. The van der Waals surface area contributed by atoms with Crippen LogP contribution in [0.15, 0.2) is 30.5 Å². The lowest BCUT2D eigenvalue weighted by Gasteiger charge is -2.38. The van der Waals surface area contributed by atoms with Gasteiger partial charge in [-0.3, -0.25) is 4.79 Å². The van der Waals surface area contributed by atoms with Crippen molar-refractivity contribution in [2.24, 2.45) is 5.92 Å². The van der Waals surface area contributed by atoms with E-state index in [0.717, 1.165) is 80.0 Å². The highest BCUT2D eigenvalue weighted by atomic mass is 32.1. The molecule has 5 rings (SSSR count). The fourth-order valence-electron chi connectivity index (χ4n) is 4.58. The number of piperazine rings is 1. The van der Waals surface area contributed by atoms with Crippen LogP contribution in [0.2, 0.25) is 0 Å². The second-order valence-electron chi connectivity index (χ2n) is 8.65. The maximum Gasteiger partial charge on any atom is 0.227 e. The molecule has 2 aromatic heterocycles. The van der Waals surface area contributed by atoms with Crippen molar-refractivity contribution in [2.45, 2.75) is 26.7 Å². The summed E-state index contributed by atoms with van der Waals surface area (Å²) in [5.74, 6) is 0.393. The number of anilines is 1. The van der Waals surface area contributed by atoms with Gasteiger partial charge in [0.15, 0.2) is 0 Å². The smallest absolute Gasteiger partial charge is 0.227 e. The topological polar surface area (TPSA) is 57.0 Å². The van der Waals surface area contributed by atoms with Gasteiger partial charge in [0, 0.05) is 44.8 Å². The monoisotopic (exact) mass is 438 g/mol. The number of nitrogens with zero attached hydrogens (tertiary/aromatic N) is 6. The highest BCUT2D eigenvalue weighted by Gasteiger charge is 2.32. The number of rotatable bonds is 4. The average molecular weight is 439 g/mol. The number of amides is 1. The summed E-state index contributed by atoms with van der Waals surface area (Å²) in [5.41, 5.74) is 3.30. The largest absolute Gasteiger partial charge is 0.346 e. The molecule has 164 valence electrons. The summed E-state index contributed by atoms with van der Waals surface area (Å²) >= 11 is 1.61. The molecular formula is C23H30N6OS. The number of hydrogen-bond acceptors (Lipinski definition) is 6. The van der Waals surface area contributed by atoms with Crippen LogP contribution in [-0.2, 0) is 4.79 Å². The van der Waals surface area contributed by atoms with Gasteiger partial charge in [-0.2, -0.15) is 0 Å². The maximum absolute atomic E-state index is 13.1. The summed E-state index contributed by atoms with van der Waals surface area (Å²) < 4.78 is 1.88. The first kappa shape index (κ1) is 20.5. The van der Waals surface area contributed by atoms with E-state index < -0.39 is 0 Å². The van der Waals surface area contributed by atoms with Gasteiger partial charge in [-0.25, -0.2) is 9.50 Å². The molecule has 0 bridgehead atoms. The Hall–Kier alpha value is -2.45. The minimum Gasteiger partial charge on any atom is -0.346 e. The molecule has 1 amide bonds. The third-order valence-corrected chi connectivity index (χ3v) is 7.54. The zero-order chi connectivity index (χ0) is 21.4. The summed E-state index contributed by atoms with van der Waals surface area (Å²) in [6.07, 6.45) is 4.01. The van der Waals surface area contributed by atoms with Crippen LogP contribution in [-0.4, -0.2) is 76.1 Å². The van der Waals surface area contributed by atoms with E-state index in [4.69, 9.17) is 10.1 Å². The highest BCUT2D eigenvalue weighted by Crippen LogP contribution is 2.30. The average Bonchev–Trinajstić information content (AvgIpc) is 3.39. The number of aryl methyl sites for hydroxylation is 1. The first-order chi connectivity index (χ1) is 15.1. The summed E-state index contributed by atoms with van der Waals surface area (Å²) in [5, 5.41) is 5.76. The van der Waals surface area contributed by atoms with E-state index in [1.165, 1.54) is 5.56 Å². The Morgan fingerprint density at radius 2 is 1.90 bits per heavy atom. The molecule has 0 saturated carbocycles. The van der Waals surface area contributed by atoms with Gasteiger partial charge in [0.1, 0.15) is 0 Å². The molecule has 0 spiro atoms. The first-order valence-corrected chi connectivity index (χ1v) is 12.1. The summed E-state index contributed by atoms with van der Waals surface area (Å²) in [7, 11) is 0. The minimum atomic E-state index is 0.0706. The lowest BCUT2D eigenvalue weighted by molar-refractivity contribution is -0.137. The van der Waals surface area contributed by atoms with Crippen molar-refractivity contribution in [3.8, 4) is 11.3 Å². The fourth-order valence-corrected chi connectivity index (χ4v) is 5.49. The molecule has 0 N–H and O–H groups in total. The molecule has 0 unspecified atom stereocenters. The number of imidazole rings is 1. The molecule has 31 heavy (non-hydrogen) atoms. The number of fused-ring (bicyclic) bond motifs is 1. The predicted octanol–water partition coefficient (Wildman–Crippen LogP) is 3.15. The van der Waals surface area contributed by atoms with Crippen molar-refractivity contribution in [3.05, 3.63) is 36.0 Å². The van der Waals surface area contributed by atoms with Crippen LogP contribution in [0.4, 0.5) is 5.13 Å². The first-order valence-electron chi connectivity index (χ1n) is 11.3. The molecule has 2 aliphatic heterocycles. The number of aromatic nitrogens is 3. The maximum atomic E-state index is 13.1. The van der Waals surface area contributed by atoms with Crippen molar-refractivity contribution in [2.75, 3.05) is 50.7 Å². The number of carbonyl (C=O) groups is 1. The molecular weight excluding hydrogens is 408 g/mol. The summed E-state index contributed by atoms with van der Waals surface area (Å²) in [6.45, 7) is 10.7. The lowest BCUT2D eigenvalue weighted by Crippen LogP contribution is -2.52. The van der Waals surface area contributed by atoms with E-state index in [0.29, 0.717) is 5.91 Å². The van der Waals surface area contributed by atoms with Crippen molar-refractivity contribution >= 4 is 27.3 Å². The Morgan fingerprint density at radius 3 is 2.61 bits per heavy atom. The van der Waals surface area contributed by atoms with Gasteiger partial charge in [-0.1, -0.05) is 48.1 Å². The fraction of sp³-hybridized carbons (Fsp3) is 0.522. The molecule has 2 aliphatic rings. The van der Waals surface area contributed by atoms with Gasteiger partial charge in [0.05, 0.1) is 17.8 Å². The summed E-state index contributed by atoms with van der Waals surface area (Å²) in [6, 6.07) is 8.41. The van der Waals surface area contributed by atoms with Crippen molar-refractivity contribution in [1.82, 2.24) is 24.4 Å². The Balaban J connectivity index is 1.27. The quantitative estimate of drug-likeness (QED) is 0.626. The second kappa shape index (κ2) is 8.59. The van der Waals surface area contributed by atoms with E-state index in [2.05, 4.69) is 52.8 Å². The van der Waals surface area contributed by atoms with Crippen molar-refractivity contribution < 1.29 is 4.79 Å². The zero-order valence-corrected chi connectivity index (χ0v) is 19.1. The van der Waals surface area contributed by atoms with Crippen LogP contribution < -0.4 is 4.90 Å². The number of likely N-dealkylation sites (N-methyl/N-ethyl adjacent to an activating group) is 1. The molecule has 2 saturated heterocycles. The number of hydrogen-bond donors (Lipinski definition) is 0. The Morgan fingerprint density at radius 1 is 1.13 bits per heavy atom. The Kier molecular flexibility index (Phi) is 5.67. The van der Waals surface area contributed by atoms with Gasteiger partial charge in [-0.15, -0.1) is 5.10 Å². The van der Waals surface area contributed by atoms with E-state index in [-0.39, 0.29) is 5.92 Å². The lowest BCUT2D eigenvalue weighted by atomic mass is 9.96. The predicted molar refractivity (Wildman–Crippen MR) is 125 cm³/mol. The summed E-state index contributed by atoms with van der Waals surface area (Å²) in [4.78, 5) is 25.6. The highest BCUT2D eigenvalue weighted by molar-refractivity contribution is 7.20. The molecule has 1 aromatic carbocycles. The standard InChI is InChI=1S/C23H30N6OS/c1-3-26-11-13-27(14-12-26)21(30)19-5-4-10-28(15-19)23-25-29-16-20(24-22(29)31-23)18-8-6-17(2)7-9-18/h6-9,16,19H,3-5,10-15H2,1-2H3/t19-/m0/s1. The number of carbonyl (C=O) groups excluding carboxylic acids is 1. The van der Waals surface area contributed by atoms with Gasteiger partial charge >= 0.3 is 0 Å². The van der Waals surface area contributed by atoms with Crippen LogP contribution in [0.3, 0.4) is 0 Å². The SMILES string of the molecule is CCN1CCN(C(=O)[C@H]2CCCN(c3nn4cc(-c5ccc(C)cc5)nc4s3)C2)CC1. The van der Waals surface area contributed by atoms with E-state index >= 15 is 0 Å². The molecule has 1 atom stereocenters. The zero-order valence-electron chi connectivity index (χ0n) is 18.3. The van der Waals surface area contributed by atoms with Crippen LogP contribution in [0.1, 0.15) is 25.3 Å². The number of benzene rings is 1. The van der Waals surface area contributed by atoms with Gasteiger partial charge in [0.25, 0.3) is 0 Å². The molecule has 2 fully saturated rings. The van der Waals surface area contributed by atoms with Crippen LogP contribution in [0, 0.1) is 12.8 Å². The van der Waals surface area contributed by atoms with E-state index in [1.807, 2.05) is 10.7 Å². The normalized spacial score (nSPS) is 20.5.